The number of carbonyl (C=O) groups is 1. The van der Waals surface area contributed by atoms with Crippen molar-refractivity contribution in [1.82, 2.24) is 0 Å². The van der Waals surface area contributed by atoms with Gasteiger partial charge in [0.2, 0.25) is 0 Å². The minimum absolute atomic E-state index is 0.113. The number of hydrogen-bond acceptors (Lipinski definition) is 3. The molecule has 0 bridgehead atoms. The third kappa shape index (κ3) is 9.95. The molecule has 0 spiro atoms. The van der Waals surface area contributed by atoms with Crippen LogP contribution in [0.2, 0.25) is 25.7 Å². The molecule has 0 rings (SSSR count). The number of methoxy groups -OCH3 is 1. The Kier molecular flexibility index (Phi) is 6.50. The number of ether oxygens (including phenoxy) is 1. The summed E-state index contributed by atoms with van der Waals surface area (Å²) in [7, 11) is 0.563. The number of rotatable bonds is 6. The lowest BCUT2D eigenvalue weighted by atomic mass is 10.6. The maximum absolute atomic E-state index is 10.7. The fraction of sp³-hybridized carbons (Fsp3) is 0.889. The van der Waals surface area contributed by atoms with Crippen molar-refractivity contribution in [3.8, 4) is 0 Å². The van der Waals surface area contributed by atoms with Gasteiger partial charge < -0.3 is 4.74 Å². The zero-order valence-electron chi connectivity index (χ0n) is 9.05. The zero-order valence-corrected chi connectivity index (χ0v) is 10.9. The average Bonchev–Trinajstić information content (AvgIpc) is 2.01. The topological polar surface area (TPSA) is 26.3 Å². The molecule has 0 aliphatic heterocycles. The van der Waals surface area contributed by atoms with Crippen LogP contribution in [-0.4, -0.2) is 32.7 Å². The van der Waals surface area contributed by atoms with Crippen LogP contribution in [0.25, 0.3) is 0 Å². The van der Waals surface area contributed by atoms with Gasteiger partial charge in [0.05, 0.1) is 12.9 Å². The smallest absolute Gasteiger partial charge is 0.315 e. The van der Waals surface area contributed by atoms with Crippen LogP contribution in [0.15, 0.2) is 0 Å². The van der Waals surface area contributed by atoms with E-state index in [-0.39, 0.29) is 5.97 Å². The van der Waals surface area contributed by atoms with E-state index in [2.05, 4.69) is 24.4 Å². The number of esters is 1. The number of thioether (sulfide) groups is 1. The summed E-state index contributed by atoms with van der Waals surface area (Å²) in [6.45, 7) is 7.12. The van der Waals surface area contributed by atoms with Crippen LogP contribution in [0, 0.1) is 0 Å². The summed E-state index contributed by atoms with van der Waals surface area (Å²) in [6, 6.07) is 1.35. The number of carbonyl (C=O) groups excluding carboxylic acids is 1. The first-order chi connectivity index (χ1) is 5.95. The zero-order chi connectivity index (χ0) is 10.3. The Balaban J connectivity index is 3.22. The van der Waals surface area contributed by atoms with Gasteiger partial charge in [0.15, 0.2) is 0 Å². The van der Waals surface area contributed by atoms with Crippen molar-refractivity contribution in [1.29, 1.82) is 0 Å². The normalized spacial score (nSPS) is 11.4. The second-order valence-electron chi connectivity index (χ2n) is 4.29. The molecule has 0 amide bonds. The summed E-state index contributed by atoms with van der Waals surface area (Å²) in [5.74, 6) is 1.47. The first kappa shape index (κ1) is 13.0. The van der Waals surface area contributed by atoms with E-state index >= 15 is 0 Å². The van der Waals surface area contributed by atoms with Gasteiger partial charge in [0.25, 0.3) is 0 Å². The van der Waals surface area contributed by atoms with Gasteiger partial charge in [-0.2, -0.15) is 11.8 Å². The molecule has 0 radical (unpaired) electrons. The highest BCUT2D eigenvalue weighted by molar-refractivity contribution is 7.99. The SMILES string of the molecule is COC(=O)CSCCC[Si](C)(C)C. The van der Waals surface area contributed by atoms with Gasteiger partial charge in [0.1, 0.15) is 0 Å². The van der Waals surface area contributed by atoms with E-state index in [1.165, 1.54) is 19.6 Å². The van der Waals surface area contributed by atoms with Crippen molar-refractivity contribution >= 4 is 25.8 Å². The molecule has 0 saturated carbocycles. The van der Waals surface area contributed by atoms with Crippen molar-refractivity contribution in [2.75, 3.05) is 18.6 Å². The molecule has 0 aromatic carbocycles. The fourth-order valence-electron chi connectivity index (χ4n) is 0.919. The van der Waals surface area contributed by atoms with Crippen LogP contribution < -0.4 is 0 Å². The Morgan fingerprint density at radius 2 is 2.00 bits per heavy atom. The molecule has 0 heterocycles. The van der Waals surface area contributed by atoms with Crippen molar-refractivity contribution in [3.05, 3.63) is 0 Å². The van der Waals surface area contributed by atoms with Crippen molar-refractivity contribution in [2.24, 2.45) is 0 Å². The van der Waals surface area contributed by atoms with Gasteiger partial charge in [-0.3, -0.25) is 4.79 Å². The summed E-state index contributed by atoms with van der Waals surface area (Å²) in [5.41, 5.74) is 0. The van der Waals surface area contributed by atoms with Crippen LogP contribution in [-0.2, 0) is 9.53 Å². The third-order valence-electron chi connectivity index (χ3n) is 1.66. The van der Waals surface area contributed by atoms with Gasteiger partial charge >= 0.3 is 5.97 Å². The predicted molar refractivity (Wildman–Crippen MR) is 62.1 cm³/mol. The van der Waals surface area contributed by atoms with E-state index in [1.54, 1.807) is 11.8 Å². The number of hydrogen-bond donors (Lipinski definition) is 0. The molecule has 0 N–H and O–H groups in total. The first-order valence-corrected chi connectivity index (χ1v) is 9.46. The molecular weight excluding hydrogens is 200 g/mol. The quantitative estimate of drug-likeness (QED) is 0.391. The molecule has 0 unspecified atom stereocenters. The average molecular weight is 220 g/mol. The van der Waals surface area contributed by atoms with Gasteiger partial charge in [-0.25, -0.2) is 0 Å². The molecule has 0 fully saturated rings. The lowest BCUT2D eigenvalue weighted by Gasteiger charge is -2.14. The van der Waals surface area contributed by atoms with Gasteiger partial charge in [0, 0.05) is 8.07 Å². The molecule has 2 nitrogen and oxygen atoms in total. The van der Waals surface area contributed by atoms with E-state index in [4.69, 9.17) is 0 Å². The Morgan fingerprint density at radius 1 is 1.38 bits per heavy atom. The molecule has 0 aromatic rings. The van der Waals surface area contributed by atoms with Crippen LogP contribution in [0.4, 0.5) is 0 Å². The second-order valence-corrected chi connectivity index (χ2v) is 11.0. The molecule has 78 valence electrons. The summed E-state index contributed by atoms with van der Waals surface area (Å²) in [5, 5.41) is 0. The largest absolute Gasteiger partial charge is 0.468 e. The Hall–Kier alpha value is 0.0369. The molecule has 0 saturated heterocycles. The van der Waals surface area contributed by atoms with E-state index < -0.39 is 8.07 Å². The summed E-state index contributed by atoms with van der Waals surface area (Å²) >= 11 is 1.67. The maximum Gasteiger partial charge on any atom is 0.315 e. The van der Waals surface area contributed by atoms with Crippen LogP contribution >= 0.6 is 11.8 Å². The maximum atomic E-state index is 10.7. The lowest BCUT2D eigenvalue weighted by molar-refractivity contribution is -0.137. The van der Waals surface area contributed by atoms with Gasteiger partial charge in [-0.15, -0.1) is 0 Å². The molecule has 4 heteroatoms. The third-order valence-corrected chi connectivity index (χ3v) is 4.53. The highest BCUT2D eigenvalue weighted by Crippen LogP contribution is 2.14. The van der Waals surface area contributed by atoms with Crippen molar-refractivity contribution < 1.29 is 9.53 Å². The highest BCUT2D eigenvalue weighted by Gasteiger charge is 2.11. The van der Waals surface area contributed by atoms with Crippen LogP contribution in [0.5, 0.6) is 0 Å². The highest BCUT2D eigenvalue weighted by atomic mass is 32.2. The fourth-order valence-corrected chi connectivity index (χ4v) is 3.19. The molecule has 0 aliphatic rings. The molecule has 0 atom stereocenters. The summed E-state index contributed by atoms with van der Waals surface area (Å²) in [6.07, 6.45) is 1.23. The second kappa shape index (κ2) is 6.48. The van der Waals surface area contributed by atoms with Crippen molar-refractivity contribution in [3.63, 3.8) is 0 Å². The van der Waals surface area contributed by atoms with Crippen molar-refractivity contribution in [2.45, 2.75) is 32.1 Å². The van der Waals surface area contributed by atoms with Crippen LogP contribution in [0.3, 0.4) is 0 Å². The van der Waals surface area contributed by atoms with E-state index in [9.17, 15) is 4.79 Å². The van der Waals surface area contributed by atoms with Crippen LogP contribution in [0.1, 0.15) is 6.42 Å². The van der Waals surface area contributed by atoms with Gasteiger partial charge in [-0.1, -0.05) is 25.7 Å². The molecule has 0 aliphatic carbocycles. The first-order valence-electron chi connectivity index (χ1n) is 4.60. The molecule has 13 heavy (non-hydrogen) atoms. The predicted octanol–water partition coefficient (Wildman–Crippen LogP) is 2.62. The van der Waals surface area contributed by atoms with E-state index in [1.807, 2.05) is 0 Å². The Labute approximate surface area is 86.4 Å². The minimum atomic E-state index is -0.872. The standard InChI is InChI=1S/C9H20O2SSi/c1-11-9(10)8-12-6-5-7-13(2,3)4/h5-8H2,1-4H3. The van der Waals surface area contributed by atoms with Gasteiger partial charge in [-0.05, 0) is 12.2 Å². The minimum Gasteiger partial charge on any atom is -0.468 e. The van der Waals surface area contributed by atoms with E-state index in [0.29, 0.717) is 5.75 Å². The van der Waals surface area contributed by atoms with E-state index in [0.717, 1.165) is 5.75 Å². The monoisotopic (exact) mass is 220 g/mol. The molecule has 0 aromatic heterocycles. The molecular formula is C9H20O2SSi. The summed E-state index contributed by atoms with van der Waals surface area (Å²) < 4.78 is 4.55. The summed E-state index contributed by atoms with van der Waals surface area (Å²) in [4.78, 5) is 10.7. The Bertz CT molecular complexity index is 154. The lowest BCUT2D eigenvalue weighted by Crippen LogP contribution is -2.19. The Morgan fingerprint density at radius 3 is 2.46 bits per heavy atom.